The first kappa shape index (κ1) is 27.8. The predicted molar refractivity (Wildman–Crippen MR) is 134 cm³/mol. The fraction of sp³-hybridized carbons (Fsp3) is 0.214. The van der Waals surface area contributed by atoms with Gasteiger partial charge in [0.15, 0.2) is 23.0 Å². The highest BCUT2D eigenvalue weighted by Gasteiger charge is 2.20. The molecule has 36 heavy (non-hydrogen) atoms. The molecule has 0 spiro atoms. The summed E-state index contributed by atoms with van der Waals surface area (Å²) in [4.78, 5) is 48.5. The van der Waals surface area contributed by atoms with Gasteiger partial charge in [0.25, 0.3) is 0 Å². The molecule has 2 rings (SSSR count). The van der Waals surface area contributed by atoms with Gasteiger partial charge in [0, 0.05) is 16.7 Å². The minimum Gasteiger partial charge on any atom is -0.422 e. The minimum atomic E-state index is -0.716. The molecule has 0 aliphatic heterocycles. The van der Waals surface area contributed by atoms with Crippen LogP contribution in [0.3, 0.4) is 0 Å². The third kappa shape index (κ3) is 7.27. The molecule has 0 heterocycles. The van der Waals surface area contributed by atoms with E-state index in [1.54, 1.807) is 26.0 Å². The monoisotopic (exact) mass is 492 g/mol. The van der Waals surface area contributed by atoms with E-state index in [0.717, 1.165) is 0 Å². The molecule has 0 unspecified atom stereocenters. The quantitative estimate of drug-likeness (QED) is 0.262. The Morgan fingerprint density at radius 3 is 1.25 bits per heavy atom. The van der Waals surface area contributed by atoms with Crippen molar-refractivity contribution < 1.29 is 38.1 Å². The van der Waals surface area contributed by atoms with Crippen LogP contribution >= 0.6 is 0 Å². The Labute approximate surface area is 209 Å². The summed E-state index contributed by atoms with van der Waals surface area (Å²) in [6.07, 6.45) is 0. The van der Waals surface area contributed by atoms with Gasteiger partial charge in [-0.3, -0.25) is 4.79 Å². The van der Waals surface area contributed by atoms with E-state index in [9.17, 15) is 19.2 Å². The van der Waals surface area contributed by atoms with E-state index in [1.165, 1.54) is 45.0 Å². The maximum atomic E-state index is 12.2. The van der Waals surface area contributed by atoms with E-state index in [2.05, 4.69) is 19.7 Å². The fourth-order valence-corrected chi connectivity index (χ4v) is 2.49. The lowest BCUT2D eigenvalue weighted by molar-refractivity contribution is -0.138. The van der Waals surface area contributed by atoms with Crippen LogP contribution in [-0.2, 0) is 19.2 Å². The Kier molecular flexibility index (Phi) is 9.10. The molecular formula is C28H28O8. The third-order valence-corrected chi connectivity index (χ3v) is 4.56. The third-order valence-electron chi connectivity index (χ3n) is 4.56. The standard InChI is InChI=1S/C28H28O8/c1-15(2)25(29)33-21-11-9-19(13-23(21)35-27(31)17(5)6)20-10-12-22(34-26(30)16(3)4)24(14-20)36-28(32)18(7)8/h9-14,16H,1,5,7H2,2-4,6,8H3. The Hall–Kier alpha value is -4.46. The van der Waals surface area contributed by atoms with Crippen LogP contribution in [0.5, 0.6) is 23.0 Å². The van der Waals surface area contributed by atoms with Crippen LogP contribution in [0.1, 0.15) is 34.6 Å². The molecule has 0 atom stereocenters. The lowest BCUT2D eigenvalue weighted by Crippen LogP contribution is -2.16. The molecule has 0 N–H and O–H groups in total. The second kappa shape index (κ2) is 11.8. The molecule has 2 aromatic carbocycles. The fourth-order valence-electron chi connectivity index (χ4n) is 2.49. The molecule has 188 valence electrons. The van der Waals surface area contributed by atoms with Crippen LogP contribution in [0.4, 0.5) is 0 Å². The SMILES string of the molecule is C=C(C)C(=O)Oc1ccc(-c2ccc(OC(=O)C(C)C)c(OC(=O)C(=C)C)c2)cc1OC(=O)C(=C)C. The van der Waals surface area contributed by atoms with E-state index in [-0.39, 0.29) is 39.7 Å². The van der Waals surface area contributed by atoms with E-state index in [0.29, 0.717) is 11.1 Å². The van der Waals surface area contributed by atoms with Crippen LogP contribution < -0.4 is 18.9 Å². The normalized spacial score (nSPS) is 10.3. The highest BCUT2D eigenvalue weighted by Crippen LogP contribution is 2.38. The van der Waals surface area contributed by atoms with Gasteiger partial charge in [-0.1, -0.05) is 45.7 Å². The van der Waals surface area contributed by atoms with Crippen molar-refractivity contribution in [2.24, 2.45) is 5.92 Å². The Bertz CT molecular complexity index is 1270. The zero-order chi connectivity index (χ0) is 27.2. The van der Waals surface area contributed by atoms with Crippen molar-refractivity contribution >= 4 is 23.9 Å². The van der Waals surface area contributed by atoms with Crippen LogP contribution in [0.25, 0.3) is 11.1 Å². The van der Waals surface area contributed by atoms with Gasteiger partial charge < -0.3 is 18.9 Å². The van der Waals surface area contributed by atoms with Gasteiger partial charge in [0.1, 0.15) is 0 Å². The van der Waals surface area contributed by atoms with E-state index < -0.39 is 29.8 Å². The number of carbonyl (C=O) groups excluding carboxylic acids is 4. The molecule has 0 bridgehead atoms. The zero-order valence-corrected chi connectivity index (χ0v) is 20.9. The molecule has 8 nitrogen and oxygen atoms in total. The van der Waals surface area contributed by atoms with E-state index in [4.69, 9.17) is 18.9 Å². The maximum absolute atomic E-state index is 12.2. The predicted octanol–water partition coefficient (Wildman–Crippen LogP) is 5.36. The lowest BCUT2D eigenvalue weighted by Gasteiger charge is -2.15. The Balaban J connectivity index is 2.57. The summed E-state index contributed by atoms with van der Waals surface area (Å²) in [7, 11) is 0. The molecule has 0 fully saturated rings. The van der Waals surface area contributed by atoms with Crippen molar-refractivity contribution in [1.29, 1.82) is 0 Å². The second-order valence-electron chi connectivity index (χ2n) is 8.41. The maximum Gasteiger partial charge on any atom is 0.338 e. The molecule has 8 heteroatoms. The molecule has 0 amide bonds. The van der Waals surface area contributed by atoms with Crippen LogP contribution in [-0.4, -0.2) is 23.9 Å². The summed E-state index contributed by atoms with van der Waals surface area (Å²) in [5.41, 5.74) is 1.49. The number of hydrogen-bond donors (Lipinski definition) is 0. The van der Waals surface area contributed by atoms with Gasteiger partial charge in [0.2, 0.25) is 0 Å². The molecule has 0 aliphatic rings. The number of esters is 4. The molecule has 0 saturated carbocycles. The van der Waals surface area contributed by atoms with Gasteiger partial charge in [0.05, 0.1) is 5.92 Å². The van der Waals surface area contributed by atoms with Crippen molar-refractivity contribution in [1.82, 2.24) is 0 Å². The molecule has 0 aliphatic carbocycles. The number of carbonyl (C=O) groups is 4. The second-order valence-corrected chi connectivity index (χ2v) is 8.41. The molecule has 0 saturated heterocycles. The first-order valence-corrected chi connectivity index (χ1v) is 10.9. The van der Waals surface area contributed by atoms with Crippen LogP contribution in [0.15, 0.2) is 72.9 Å². The van der Waals surface area contributed by atoms with Crippen molar-refractivity contribution in [3.8, 4) is 34.1 Å². The molecule has 0 radical (unpaired) electrons. The summed E-state index contributed by atoms with van der Waals surface area (Å²) in [5.74, 6) is -3.02. The summed E-state index contributed by atoms with van der Waals surface area (Å²) < 4.78 is 21.4. The van der Waals surface area contributed by atoms with Gasteiger partial charge in [-0.2, -0.15) is 0 Å². The number of benzene rings is 2. The van der Waals surface area contributed by atoms with Crippen molar-refractivity contribution in [2.45, 2.75) is 34.6 Å². The average molecular weight is 493 g/mol. The number of ether oxygens (including phenoxy) is 4. The summed E-state index contributed by atoms with van der Waals surface area (Å²) in [6.45, 7) is 18.5. The van der Waals surface area contributed by atoms with Crippen molar-refractivity contribution in [3.63, 3.8) is 0 Å². The van der Waals surface area contributed by atoms with Crippen molar-refractivity contribution in [2.75, 3.05) is 0 Å². The van der Waals surface area contributed by atoms with Crippen LogP contribution in [0, 0.1) is 5.92 Å². The topological polar surface area (TPSA) is 105 Å². The van der Waals surface area contributed by atoms with Gasteiger partial charge in [-0.05, 0) is 56.2 Å². The highest BCUT2D eigenvalue weighted by molar-refractivity contribution is 5.92. The summed E-state index contributed by atoms with van der Waals surface area (Å²) in [6, 6.07) is 9.12. The summed E-state index contributed by atoms with van der Waals surface area (Å²) in [5, 5.41) is 0. The largest absolute Gasteiger partial charge is 0.422 e. The smallest absolute Gasteiger partial charge is 0.338 e. The zero-order valence-electron chi connectivity index (χ0n) is 20.9. The summed E-state index contributed by atoms with van der Waals surface area (Å²) >= 11 is 0. The Morgan fingerprint density at radius 1 is 0.583 bits per heavy atom. The first-order valence-electron chi connectivity index (χ1n) is 10.9. The minimum absolute atomic E-state index is 0.00207. The van der Waals surface area contributed by atoms with E-state index >= 15 is 0 Å². The van der Waals surface area contributed by atoms with Crippen molar-refractivity contribution in [3.05, 3.63) is 72.9 Å². The van der Waals surface area contributed by atoms with Gasteiger partial charge >= 0.3 is 23.9 Å². The first-order chi connectivity index (χ1) is 16.8. The number of hydrogen-bond acceptors (Lipinski definition) is 8. The highest BCUT2D eigenvalue weighted by atomic mass is 16.6. The average Bonchev–Trinajstić information content (AvgIpc) is 2.80. The molecule has 0 aromatic heterocycles. The van der Waals surface area contributed by atoms with Gasteiger partial charge in [-0.25, -0.2) is 14.4 Å². The van der Waals surface area contributed by atoms with E-state index in [1.807, 2.05) is 0 Å². The number of rotatable bonds is 9. The van der Waals surface area contributed by atoms with Crippen LogP contribution in [0.2, 0.25) is 0 Å². The molecular weight excluding hydrogens is 464 g/mol. The Morgan fingerprint density at radius 2 is 0.917 bits per heavy atom. The molecule has 2 aromatic rings. The van der Waals surface area contributed by atoms with Gasteiger partial charge in [-0.15, -0.1) is 0 Å². The lowest BCUT2D eigenvalue weighted by atomic mass is 10.0.